The summed E-state index contributed by atoms with van der Waals surface area (Å²) in [6.07, 6.45) is 0. The molecular weight excluding hydrogens is 226 g/mol. The Morgan fingerprint density at radius 3 is 1.11 bits per heavy atom. The van der Waals surface area contributed by atoms with E-state index >= 15 is 0 Å². The molecule has 0 aliphatic carbocycles. The van der Waals surface area contributed by atoms with Crippen LogP contribution in [0.5, 0.6) is 0 Å². The first kappa shape index (κ1) is 22.4. The van der Waals surface area contributed by atoms with Crippen LogP contribution in [-0.2, 0) is 27.5 Å². The molecule has 0 unspecified atom stereocenters. The second-order valence-electron chi connectivity index (χ2n) is 0.408. The molecule has 0 saturated carbocycles. The quantitative estimate of drug-likeness (QED) is 0.234. The van der Waals surface area contributed by atoms with Crippen molar-refractivity contribution in [3.63, 3.8) is 0 Å². The topological polar surface area (TPSA) is 103 Å². The zero-order valence-corrected chi connectivity index (χ0v) is 8.86. The first-order valence-electron chi connectivity index (χ1n) is 0.821. The van der Waals surface area contributed by atoms with Crippen molar-refractivity contribution < 1.29 is 68.8 Å². The minimum atomic E-state index is -5.17. The second-order valence-corrected chi connectivity index (χ2v) is 1.22. The fourth-order valence-electron chi connectivity index (χ4n) is 0. The van der Waals surface area contributed by atoms with Gasteiger partial charge in [0.1, 0.15) is 0 Å². The Bertz CT molecular complexity index is 100. The third-order valence-electron chi connectivity index (χ3n) is 0. The zero-order valence-electron chi connectivity index (χ0n) is 4.18. The van der Waals surface area contributed by atoms with Gasteiger partial charge in [-0.1, -0.05) is 0 Å². The Morgan fingerprint density at radius 1 is 1.11 bits per heavy atom. The molecule has 0 radical (unpaired) electrons. The molecule has 0 saturated heterocycles. The standard InChI is InChI=1S/ClO.Fe.Na.H2O4S/c1-2;;;1-5(2,3)4/h;;;(H2,1,2,3,4)/q-1;+2;+1;/p-2. The van der Waals surface area contributed by atoms with Crippen LogP contribution in [0.1, 0.15) is 0 Å². The van der Waals surface area contributed by atoms with Crippen LogP contribution >= 0.6 is 11.9 Å². The molecule has 5 nitrogen and oxygen atoms in total. The van der Waals surface area contributed by atoms with E-state index in [1.54, 1.807) is 0 Å². The van der Waals surface area contributed by atoms with Gasteiger partial charge in [-0.05, 0) is 0 Å². The number of hydrogen-bond donors (Lipinski definition) is 0. The van der Waals surface area contributed by atoms with E-state index in [0.29, 0.717) is 0 Å². The van der Waals surface area contributed by atoms with Gasteiger partial charge in [-0.3, -0.25) is 8.42 Å². The molecular formula is ClFeNaO5S. The molecule has 0 aliphatic heterocycles. The summed E-state index contributed by atoms with van der Waals surface area (Å²) >= 11 is 3.39. The van der Waals surface area contributed by atoms with Crippen LogP contribution < -0.4 is 34.2 Å². The number of rotatable bonds is 0. The first-order valence-corrected chi connectivity index (χ1v) is 2.46. The normalized spacial score (nSPS) is 7.11. The molecule has 0 aliphatic rings. The molecule has 0 aromatic heterocycles. The monoisotopic (exact) mass is 226 g/mol. The Labute approximate surface area is 90.3 Å². The smallest absolute Gasteiger partial charge is 0.769 e. The molecule has 52 valence electrons. The van der Waals surface area contributed by atoms with Crippen molar-refractivity contribution >= 4 is 22.3 Å². The molecule has 0 aromatic carbocycles. The average Bonchev–Trinajstić information content (AvgIpc) is 1.36. The molecule has 0 heterocycles. The van der Waals surface area contributed by atoms with Crippen LogP contribution in [0.4, 0.5) is 0 Å². The van der Waals surface area contributed by atoms with E-state index in [-0.39, 0.29) is 46.6 Å². The van der Waals surface area contributed by atoms with Crippen molar-refractivity contribution in [3.05, 3.63) is 0 Å². The SMILES string of the molecule is O=S(=O)([O-])[O-].[Fe+2].[Na+].[O-]Cl. The van der Waals surface area contributed by atoms with E-state index in [1.807, 2.05) is 0 Å². The summed E-state index contributed by atoms with van der Waals surface area (Å²) in [6.45, 7) is 0. The molecule has 0 N–H and O–H groups in total. The van der Waals surface area contributed by atoms with Crippen LogP contribution in [0.3, 0.4) is 0 Å². The summed E-state index contributed by atoms with van der Waals surface area (Å²) in [7, 11) is -5.17. The molecule has 0 bridgehead atoms. The molecule has 9 heteroatoms. The van der Waals surface area contributed by atoms with Gasteiger partial charge in [0.05, 0.1) is 0 Å². The molecule has 0 aromatic rings. The Balaban J connectivity index is -0.0000000286. The maximum absolute atomic E-state index is 8.52. The Kier molecular flexibility index (Phi) is 30.7. The van der Waals surface area contributed by atoms with Gasteiger partial charge >= 0.3 is 46.6 Å². The zero-order chi connectivity index (χ0) is 6.50. The minimum absolute atomic E-state index is 0. The van der Waals surface area contributed by atoms with Gasteiger partial charge in [0.2, 0.25) is 0 Å². The van der Waals surface area contributed by atoms with Crippen molar-refractivity contribution in [2.75, 3.05) is 0 Å². The largest absolute Gasteiger partial charge is 2.00 e. The third-order valence-corrected chi connectivity index (χ3v) is 0. The maximum atomic E-state index is 8.52. The van der Waals surface area contributed by atoms with E-state index in [9.17, 15) is 0 Å². The third kappa shape index (κ3) is 209. The van der Waals surface area contributed by atoms with E-state index in [0.717, 1.165) is 0 Å². The summed E-state index contributed by atoms with van der Waals surface area (Å²) in [6, 6.07) is 0. The van der Waals surface area contributed by atoms with Crippen molar-refractivity contribution in [1.82, 2.24) is 0 Å². The van der Waals surface area contributed by atoms with Gasteiger partial charge in [0.25, 0.3) is 0 Å². The van der Waals surface area contributed by atoms with E-state index in [1.165, 1.54) is 0 Å². The fourth-order valence-corrected chi connectivity index (χ4v) is 0. The van der Waals surface area contributed by atoms with E-state index in [2.05, 4.69) is 11.9 Å². The fraction of sp³-hybridized carbons (Fsp3) is 0. The second kappa shape index (κ2) is 12.3. The van der Waals surface area contributed by atoms with Crippen LogP contribution in [-0.4, -0.2) is 17.5 Å². The molecule has 0 fully saturated rings. The van der Waals surface area contributed by atoms with Gasteiger partial charge in [-0.2, -0.15) is 0 Å². The van der Waals surface area contributed by atoms with Crippen LogP contribution in [0.2, 0.25) is 0 Å². The predicted octanol–water partition coefficient (Wildman–Crippen LogP) is -4.84. The van der Waals surface area contributed by atoms with Gasteiger partial charge < -0.3 is 13.8 Å². The van der Waals surface area contributed by atoms with E-state index in [4.69, 9.17) is 22.2 Å². The summed E-state index contributed by atoms with van der Waals surface area (Å²) in [4.78, 5) is 0. The molecule has 0 atom stereocenters. The van der Waals surface area contributed by atoms with Crippen molar-refractivity contribution in [2.45, 2.75) is 0 Å². The summed E-state index contributed by atoms with van der Waals surface area (Å²) in [5.41, 5.74) is 0. The van der Waals surface area contributed by atoms with Crippen molar-refractivity contribution in [2.24, 2.45) is 0 Å². The van der Waals surface area contributed by atoms with E-state index < -0.39 is 10.4 Å². The minimum Gasteiger partial charge on any atom is -0.769 e. The van der Waals surface area contributed by atoms with Gasteiger partial charge in [0.15, 0.2) is 0 Å². The van der Waals surface area contributed by atoms with Crippen molar-refractivity contribution in [1.29, 1.82) is 0 Å². The summed E-state index contributed by atoms with van der Waals surface area (Å²) < 4.78 is 41.8. The van der Waals surface area contributed by atoms with Gasteiger partial charge in [-0.25, -0.2) is 11.9 Å². The van der Waals surface area contributed by atoms with Gasteiger partial charge in [-0.15, -0.1) is 0 Å². The van der Waals surface area contributed by atoms with Gasteiger partial charge in [0, 0.05) is 10.4 Å². The average molecular weight is 226 g/mol. The molecule has 0 spiro atoms. The maximum Gasteiger partial charge on any atom is 2.00 e. The first-order chi connectivity index (χ1) is 3.00. The predicted molar refractivity (Wildman–Crippen MR) is 16.3 cm³/mol. The number of hydrogen-bond acceptors (Lipinski definition) is 5. The van der Waals surface area contributed by atoms with Crippen molar-refractivity contribution in [3.8, 4) is 0 Å². The number of halogens is 1. The van der Waals surface area contributed by atoms with Crippen LogP contribution in [0.15, 0.2) is 0 Å². The molecule has 0 rings (SSSR count). The summed E-state index contributed by atoms with van der Waals surface area (Å²) in [5.74, 6) is 0. The van der Waals surface area contributed by atoms with Crippen LogP contribution in [0, 0.1) is 0 Å². The summed E-state index contributed by atoms with van der Waals surface area (Å²) in [5, 5.41) is 0. The molecule has 0 amide bonds. The Morgan fingerprint density at radius 2 is 1.11 bits per heavy atom. The van der Waals surface area contributed by atoms with Crippen LogP contribution in [0.25, 0.3) is 0 Å². The Hall–Kier alpha value is 1.64. The molecule has 9 heavy (non-hydrogen) atoms.